The van der Waals surface area contributed by atoms with Crippen LogP contribution in [0.3, 0.4) is 0 Å². The number of ether oxygens (including phenoxy) is 1. The summed E-state index contributed by atoms with van der Waals surface area (Å²) in [5.41, 5.74) is 1.31. The molecule has 0 bridgehead atoms. The Morgan fingerprint density at radius 1 is 1.04 bits per heavy atom. The predicted molar refractivity (Wildman–Crippen MR) is 98.9 cm³/mol. The van der Waals surface area contributed by atoms with Crippen LogP contribution in [0.25, 0.3) is 0 Å². The van der Waals surface area contributed by atoms with Crippen molar-refractivity contribution < 1.29 is 14.3 Å². The van der Waals surface area contributed by atoms with Gasteiger partial charge in [-0.1, -0.05) is 0 Å². The van der Waals surface area contributed by atoms with E-state index < -0.39 is 0 Å². The summed E-state index contributed by atoms with van der Waals surface area (Å²) in [5.74, 6) is 0.0223. The van der Waals surface area contributed by atoms with Crippen molar-refractivity contribution in [3.05, 3.63) is 59.7 Å². The summed E-state index contributed by atoms with van der Waals surface area (Å²) >= 11 is 0. The number of rotatable bonds is 5. The Kier molecular flexibility index (Phi) is 5.97. The fourth-order valence-electron chi connectivity index (χ4n) is 2.09. The minimum Gasteiger partial charge on any atom is -0.484 e. The molecule has 2 amide bonds. The van der Waals surface area contributed by atoms with Gasteiger partial charge < -0.3 is 15.4 Å². The number of carbonyl (C=O) groups excluding carboxylic acids is 2. The Bertz CT molecular complexity index is 813. The number of benzene rings is 2. The first-order valence-corrected chi connectivity index (χ1v) is 8.12. The summed E-state index contributed by atoms with van der Waals surface area (Å²) in [6.07, 6.45) is 0. The zero-order chi connectivity index (χ0) is 19.2. The molecule has 0 spiro atoms. The highest BCUT2D eigenvalue weighted by atomic mass is 16.5. The third kappa shape index (κ3) is 5.95. The van der Waals surface area contributed by atoms with E-state index in [0.717, 1.165) is 0 Å². The number of amides is 2. The fraction of sp³-hybridized carbons (Fsp3) is 0.250. The summed E-state index contributed by atoms with van der Waals surface area (Å²) in [5, 5.41) is 14.3. The number of nitriles is 1. The molecular weight excluding hydrogens is 330 g/mol. The van der Waals surface area contributed by atoms with Crippen molar-refractivity contribution in [2.75, 3.05) is 11.9 Å². The maximum Gasteiger partial charge on any atom is 0.262 e. The van der Waals surface area contributed by atoms with Gasteiger partial charge in [-0.25, -0.2) is 0 Å². The number of carbonyl (C=O) groups is 2. The van der Waals surface area contributed by atoms with Gasteiger partial charge in [-0.2, -0.15) is 5.26 Å². The van der Waals surface area contributed by atoms with Crippen LogP contribution in [-0.2, 0) is 4.79 Å². The normalized spacial score (nSPS) is 10.5. The van der Waals surface area contributed by atoms with Crippen LogP contribution >= 0.6 is 0 Å². The van der Waals surface area contributed by atoms with Gasteiger partial charge in [0.05, 0.1) is 11.6 Å². The highest BCUT2D eigenvalue weighted by molar-refractivity contribution is 5.96. The summed E-state index contributed by atoms with van der Waals surface area (Å²) in [6.45, 7) is 5.58. The Morgan fingerprint density at radius 3 is 2.19 bits per heavy atom. The van der Waals surface area contributed by atoms with Gasteiger partial charge in [0.1, 0.15) is 5.75 Å². The van der Waals surface area contributed by atoms with E-state index in [1.54, 1.807) is 48.5 Å². The van der Waals surface area contributed by atoms with E-state index in [1.165, 1.54) is 0 Å². The second-order valence-corrected chi connectivity index (χ2v) is 6.75. The lowest BCUT2D eigenvalue weighted by Crippen LogP contribution is -2.40. The molecule has 0 aromatic heterocycles. The quantitative estimate of drug-likeness (QED) is 0.866. The van der Waals surface area contributed by atoms with Crippen LogP contribution in [-0.4, -0.2) is 24.0 Å². The van der Waals surface area contributed by atoms with E-state index in [-0.39, 0.29) is 24.0 Å². The molecule has 0 heterocycles. The van der Waals surface area contributed by atoms with Crippen molar-refractivity contribution >= 4 is 17.5 Å². The van der Waals surface area contributed by atoms with Gasteiger partial charge in [0.25, 0.3) is 11.8 Å². The lowest BCUT2D eigenvalue weighted by molar-refractivity contribution is -0.118. The molecule has 0 aliphatic rings. The minimum absolute atomic E-state index is 0.155. The van der Waals surface area contributed by atoms with Gasteiger partial charge in [0, 0.05) is 16.8 Å². The van der Waals surface area contributed by atoms with E-state index in [4.69, 9.17) is 10.00 Å². The Labute approximate surface area is 152 Å². The SMILES string of the molecule is CC(C)(C)NC(=O)c1ccc(NC(=O)COc2ccc(C#N)cc2)cc1. The van der Waals surface area contributed by atoms with E-state index in [9.17, 15) is 9.59 Å². The molecule has 0 atom stereocenters. The largest absolute Gasteiger partial charge is 0.484 e. The molecule has 2 rings (SSSR count). The van der Waals surface area contributed by atoms with Crippen molar-refractivity contribution in [1.29, 1.82) is 5.26 Å². The molecule has 2 aromatic rings. The third-order valence-corrected chi connectivity index (χ3v) is 3.27. The summed E-state index contributed by atoms with van der Waals surface area (Å²) < 4.78 is 5.37. The molecule has 2 aromatic carbocycles. The molecule has 134 valence electrons. The Hall–Kier alpha value is -3.33. The fourth-order valence-corrected chi connectivity index (χ4v) is 2.09. The molecule has 0 fully saturated rings. The molecule has 2 N–H and O–H groups in total. The van der Waals surface area contributed by atoms with Gasteiger partial charge in [0.2, 0.25) is 0 Å². The van der Waals surface area contributed by atoms with Crippen molar-refractivity contribution in [3.8, 4) is 11.8 Å². The minimum atomic E-state index is -0.318. The zero-order valence-electron chi connectivity index (χ0n) is 15.0. The first-order valence-electron chi connectivity index (χ1n) is 8.12. The van der Waals surface area contributed by atoms with Gasteiger partial charge in [-0.3, -0.25) is 9.59 Å². The number of hydrogen-bond acceptors (Lipinski definition) is 4. The van der Waals surface area contributed by atoms with Gasteiger partial charge in [-0.15, -0.1) is 0 Å². The second-order valence-electron chi connectivity index (χ2n) is 6.75. The molecule has 0 aliphatic heterocycles. The molecule has 6 heteroatoms. The predicted octanol–water partition coefficient (Wildman–Crippen LogP) is 3.10. The van der Waals surface area contributed by atoms with Crippen molar-refractivity contribution in [2.45, 2.75) is 26.3 Å². The molecule has 6 nitrogen and oxygen atoms in total. The molecule has 26 heavy (non-hydrogen) atoms. The summed E-state index contributed by atoms with van der Waals surface area (Å²) in [7, 11) is 0. The van der Waals surface area contributed by atoms with Gasteiger partial charge in [-0.05, 0) is 69.3 Å². The van der Waals surface area contributed by atoms with E-state index in [2.05, 4.69) is 10.6 Å². The van der Waals surface area contributed by atoms with Crippen LogP contribution in [0.2, 0.25) is 0 Å². The zero-order valence-corrected chi connectivity index (χ0v) is 15.0. The first-order chi connectivity index (χ1) is 12.3. The maximum absolute atomic E-state index is 12.1. The van der Waals surface area contributed by atoms with E-state index in [0.29, 0.717) is 22.6 Å². The number of nitrogens with one attached hydrogen (secondary N) is 2. The Morgan fingerprint density at radius 2 is 1.65 bits per heavy atom. The molecule has 0 saturated heterocycles. The Balaban J connectivity index is 1.86. The van der Waals surface area contributed by atoms with Crippen molar-refractivity contribution in [1.82, 2.24) is 5.32 Å². The molecule has 0 unspecified atom stereocenters. The van der Waals surface area contributed by atoms with Crippen LogP contribution in [0.1, 0.15) is 36.7 Å². The van der Waals surface area contributed by atoms with Crippen LogP contribution in [0, 0.1) is 11.3 Å². The van der Waals surface area contributed by atoms with E-state index >= 15 is 0 Å². The average Bonchev–Trinajstić information content (AvgIpc) is 2.59. The second kappa shape index (κ2) is 8.17. The number of nitrogens with zero attached hydrogens (tertiary/aromatic N) is 1. The average molecular weight is 351 g/mol. The topological polar surface area (TPSA) is 91.2 Å². The number of hydrogen-bond donors (Lipinski definition) is 2. The highest BCUT2D eigenvalue weighted by Crippen LogP contribution is 2.13. The smallest absolute Gasteiger partial charge is 0.262 e. The van der Waals surface area contributed by atoms with Crippen molar-refractivity contribution in [2.24, 2.45) is 0 Å². The lowest BCUT2D eigenvalue weighted by Gasteiger charge is -2.20. The number of anilines is 1. The highest BCUT2D eigenvalue weighted by Gasteiger charge is 2.15. The lowest BCUT2D eigenvalue weighted by atomic mass is 10.1. The van der Waals surface area contributed by atoms with Crippen molar-refractivity contribution in [3.63, 3.8) is 0 Å². The van der Waals surface area contributed by atoms with Crippen LogP contribution in [0.15, 0.2) is 48.5 Å². The van der Waals surface area contributed by atoms with Gasteiger partial charge >= 0.3 is 0 Å². The summed E-state index contributed by atoms with van der Waals surface area (Å²) in [4.78, 5) is 24.0. The molecule has 0 aliphatic carbocycles. The van der Waals surface area contributed by atoms with Crippen LogP contribution < -0.4 is 15.4 Å². The monoisotopic (exact) mass is 351 g/mol. The first kappa shape index (κ1) is 19.0. The van der Waals surface area contributed by atoms with E-state index in [1.807, 2.05) is 26.8 Å². The van der Waals surface area contributed by atoms with Crippen LogP contribution in [0.5, 0.6) is 5.75 Å². The summed E-state index contributed by atoms with van der Waals surface area (Å²) in [6, 6.07) is 15.1. The van der Waals surface area contributed by atoms with Gasteiger partial charge in [0.15, 0.2) is 6.61 Å². The molecule has 0 radical (unpaired) electrons. The standard InChI is InChI=1S/C20H21N3O3/c1-20(2,3)23-19(25)15-6-8-16(9-7-15)22-18(24)13-26-17-10-4-14(12-21)5-11-17/h4-11H,13H2,1-3H3,(H,22,24)(H,23,25). The third-order valence-electron chi connectivity index (χ3n) is 3.27. The van der Waals surface area contributed by atoms with Crippen LogP contribution in [0.4, 0.5) is 5.69 Å². The maximum atomic E-state index is 12.1. The molecular formula is C20H21N3O3. The molecule has 0 saturated carbocycles.